The van der Waals surface area contributed by atoms with E-state index in [4.69, 9.17) is 27.0 Å². The van der Waals surface area contributed by atoms with Crippen molar-refractivity contribution in [3.8, 4) is 22.4 Å². The van der Waals surface area contributed by atoms with Crippen molar-refractivity contribution in [2.45, 2.75) is 38.1 Å². The first-order valence-electron chi connectivity index (χ1n) is 11.6. The number of aliphatic carboxylic acids is 1. The van der Waals surface area contributed by atoms with Gasteiger partial charge in [-0.15, -0.1) is 0 Å². The number of rotatable bonds is 13. The van der Waals surface area contributed by atoms with Crippen LogP contribution in [0.5, 0.6) is 0 Å². The fraction of sp³-hybridized carbons (Fsp3) is 0.269. The van der Waals surface area contributed by atoms with E-state index >= 15 is 0 Å². The smallest absolute Gasteiger partial charge is 0.303 e. The van der Waals surface area contributed by atoms with Crippen LogP contribution in [0.25, 0.3) is 22.4 Å². The van der Waals surface area contributed by atoms with Gasteiger partial charge in [-0.1, -0.05) is 53.2 Å². The predicted molar refractivity (Wildman–Crippen MR) is 136 cm³/mol. The van der Waals surface area contributed by atoms with E-state index in [0.717, 1.165) is 16.7 Å². The number of carbonyl (C=O) groups is 4. The molecule has 0 unspecified atom stereocenters. The summed E-state index contributed by atoms with van der Waals surface area (Å²) in [6, 6.07) is 16.0. The average Bonchev–Trinajstić information content (AvgIpc) is 3.34. The summed E-state index contributed by atoms with van der Waals surface area (Å²) < 4.78 is 5.37. The topological polar surface area (TPSA) is 165 Å². The molecule has 10 nitrogen and oxygen atoms in total. The summed E-state index contributed by atoms with van der Waals surface area (Å²) in [5.41, 5.74) is 8.50. The van der Waals surface area contributed by atoms with Gasteiger partial charge in [-0.25, -0.2) is 0 Å². The number of nitrogens with zero attached hydrogens (tertiary/aromatic N) is 1. The van der Waals surface area contributed by atoms with Crippen molar-refractivity contribution in [2.75, 3.05) is 6.54 Å². The molecule has 0 spiro atoms. The number of benzene rings is 2. The highest BCUT2D eigenvalue weighted by molar-refractivity contribution is 6.30. The van der Waals surface area contributed by atoms with Gasteiger partial charge in [-0.05, 0) is 36.1 Å². The van der Waals surface area contributed by atoms with E-state index in [9.17, 15) is 19.2 Å². The Hall–Kier alpha value is -4.18. The molecule has 2 aromatic carbocycles. The molecule has 5 N–H and O–H groups in total. The summed E-state index contributed by atoms with van der Waals surface area (Å²) >= 11 is 6.07. The van der Waals surface area contributed by atoms with E-state index in [0.29, 0.717) is 16.5 Å². The Morgan fingerprint density at radius 3 is 2.41 bits per heavy atom. The number of aromatic nitrogens is 1. The molecule has 3 aromatic rings. The molecule has 0 aliphatic rings. The van der Waals surface area contributed by atoms with Crippen LogP contribution in [-0.2, 0) is 25.6 Å². The third-order valence-corrected chi connectivity index (χ3v) is 5.70. The molecule has 0 radical (unpaired) electrons. The minimum atomic E-state index is -1.01. The Morgan fingerprint density at radius 1 is 1.00 bits per heavy atom. The van der Waals surface area contributed by atoms with Crippen molar-refractivity contribution in [1.29, 1.82) is 0 Å². The fourth-order valence-corrected chi connectivity index (χ4v) is 3.79. The second kappa shape index (κ2) is 13.2. The Kier molecular flexibility index (Phi) is 9.79. The number of primary amides is 1. The number of halogens is 1. The van der Waals surface area contributed by atoms with Gasteiger partial charge in [0.1, 0.15) is 17.5 Å². The van der Waals surface area contributed by atoms with Crippen LogP contribution in [0.4, 0.5) is 0 Å². The van der Waals surface area contributed by atoms with Gasteiger partial charge < -0.3 is 26.0 Å². The van der Waals surface area contributed by atoms with Gasteiger partial charge in [0.15, 0.2) is 0 Å². The van der Waals surface area contributed by atoms with Gasteiger partial charge in [0, 0.05) is 35.9 Å². The maximum atomic E-state index is 12.5. The van der Waals surface area contributed by atoms with Gasteiger partial charge in [0.2, 0.25) is 17.7 Å². The van der Waals surface area contributed by atoms with Crippen LogP contribution >= 0.6 is 11.6 Å². The maximum absolute atomic E-state index is 12.5. The quantitative estimate of drug-likeness (QED) is 0.266. The monoisotopic (exact) mass is 526 g/mol. The van der Waals surface area contributed by atoms with Crippen LogP contribution in [-0.4, -0.2) is 46.5 Å². The Labute approximate surface area is 218 Å². The van der Waals surface area contributed by atoms with Crippen LogP contribution in [0.3, 0.4) is 0 Å². The first-order valence-corrected chi connectivity index (χ1v) is 12.0. The summed E-state index contributed by atoms with van der Waals surface area (Å²) in [6.07, 6.45) is 0.369. The second-order valence-corrected chi connectivity index (χ2v) is 8.79. The number of carboxylic acids is 1. The lowest BCUT2D eigenvalue weighted by atomic mass is 10.0. The Morgan fingerprint density at radius 2 is 1.73 bits per heavy atom. The standard InChI is InChI=1S/C26H27ClN4O6/c27-19-4-1-3-18(13-19)16-7-9-17(10-8-16)22-14-20(37-31-22)11-12-24(33)30-21(5-2-6-25(34)35)26(36)29-15-23(28)32/h1,3-4,7-10,13-14,21H,2,5-6,11-12,15H2,(H2,28,32)(H,29,36)(H,30,33)(H,34,35)/t21-/m0/s1. The third kappa shape index (κ3) is 8.76. The highest BCUT2D eigenvalue weighted by atomic mass is 35.5. The zero-order valence-corrected chi connectivity index (χ0v) is 20.7. The Bertz CT molecular complexity index is 1260. The molecule has 1 heterocycles. The van der Waals surface area contributed by atoms with E-state index in [1.54, 1.807) is 6.07 Å². The van der Waals surface area contributed by atoms with Gasteiger partial charge in [0.05, 0.1) is 6.54 Å². The molecule has 0 saturated carbocycles. The number of hydrogen-bond acceptors (Lipinski definition) is 6. The van der Waals surface area contributed by atoms with Crippen molar-refractivity contribution in [1.82, 2.24) is 15.8 Å². The predicted octanol–water partition coefficient (Wildman–Crippen LogP) is 2.94. The molecule has 1 atom stereocenters. The lowest BCUT2D eigenvalue weighted by molar-refractivity contribution is -0.137. The number of carbonyl (C=O) groups excluding carboxylic acids is 3. The molecule has 194 valence electrons. The molecule has 0 bridgehead atoms. The van der Waals surface area contributed by atoms with E-state index in [1.165, 1.54) is 0 Å². The van der Waals surface area contributed by atoms with E-state index < -0.39 is 29.7 Å². The zero-order chi connectivity index (χ0) is 26.8. The molecule has 0 saturated heterocycles. The number of nitrogens with one attached hydrogen (secondary N) is 2. The largest absolute Gasteiger partial charge is 0.481 e. The molecular weight excluding hydrogens is 500 g/mol. The summed E-state index contributed by atoms with van der Waals surface area (Å²) in [4.78, 5) is 46.5. The molecule has 37 heavy (non-hydrogen) atoms. The van der Waals surface area contributed by atoms with Gasteiger partial charge >= 0.3 is 5.97 Å². The normalized spacial score (nSPS) is 11.5. The summed E-state index contributed by atoms with van der Waals surface area (Å²) in [5, 5.41) is 18.5. The Balaban J connectivity index is 1.56. The van der Waals surface area contributed by atoms with Crippen molar-refractivity contribution in [3.63, 3.8) is 0 Å². The minimum Gasteiger partial charge on any atom is -0.481 e. The molecule has 3 amide bonds. The maximum Gasteiger partial charge on any atom is 0.303 e. The third-order valence-electron chi connectivity index (χ3n) is 5.47. The van der Waals surface area contributed by atoms with E-state index in [1.807, 2.05) is 48.5 Å². The molecule has 0 aliphatic carbocycles. The summed E-state index contributed by atoms with van der Waals surface area (Å²) in [5.74, 6) is -2.30. The summed E-state index contributed by atoms with van der Waals surface area (Å²) in [7, 11) is 0. The van der Waals surface area contributed by atoms with Crippen LogP contribution in [0.1, 0.15) is 31.4 Å². The van der Waals surface area contributed by atoms with Crippen molar-refractivity contribution in [2.24, 2.45) is 5.73 Å². The lowest BCUT2D eigenvalue weighted by Gasteiger charge is -2.17. The molecular formula is C26H27ClN4O6. The average molecular weight is 527 g/mol. The van der Waals surface area contributed by atoms with E-state index in [-0.39, 0.29) is 38.6 Å². The van der Waals surface area contributed by atoms with Crippen LogP contribution in [0, 0.1) is 0 Å². The van der Waals surface area contributed by atoms with Crippen LogP contribution in [0.2, 0.25) is 5.02 Å². The van der Waals surface area contributed by atoms with Crippen molar-refractivity contribution < 1.29 is 28.8 Å². The highest BCUT2D eigenvalue weighted by Gasteiger charge is 2.21. The van der Waals surface area contributed by atoms with Crippen LogP contribution < -0.4 is 16.4 Å². The van der Waals surface area contributed by atoms with Crippen molar-refractivity contribution in [3.05, 3.63) is 65.4 Å². The number of aryl methyl sites for hydroxylation is 1. The van der Waals surface area contributed by atoms with Crippen LogP contribution in [0.15, 0.2) is 59.1 Å². The number of carboxylic acid groups (broad SMARTS) is 1. The van der Waals surface area contributed by atoms with E-state index in [2.05, 4.69) is 15.8 Å². The molecule has 1 aromatic heterocycles. The lowest BCUT2D eigenvalue weighted by Crippen LogP contribution is -2.48. The first kappa shape index (κ1) is 27.4. The van der Waals surface area contributed by atoms with Crippen molar-refractivity contribution >= 4 is 35.3 Å². The number of nitrogens with two attached hydrogens (primary N) is 1. The fourth-order valence-electron chi connectivity index (χ4n) is 3.60. The second-order valence-electron chi connectivity index (χ2n) is 8.36. The zero-order valence-electron chi connectivity index (χ0n) is 19.9. The van der Waals surface area contributed by atoms with Gasteiger partial charge in [-0.3, -0.25) is 19.2 Å². The highest BCUT2D eigenvalue weighted by Crippen LogP contribution is 2.26. The molecule has 0 fully saturated rings. The first-order chi connectivity index (χ1) is 17.7. The summed E-state index contributed by atoms with van der Waals surface area (Å²) in [6.45, 7) is -0.384. The molecule has 0 aliphatic heterocycles. The van der Waals surface area contributed by atoms with Gasteiger partial charge in [-0.2, -0.15) is 0 Å². The van der Waals surface area contributed by atoms with Gasteiger partial charge in [0.25, 0.3) is 0 Å². The molecule has 11 heteroatoms. The number of hydrogen-bond donors (Lipinski definition) is 4. The SMILES string of the molecule is NC(=O)CNC(=O)[C@H](CCCC(=O)O)NC(=O)CCc1cc(-c2ccc(-c3cccc(Cl)c3)cc2)no1. The molecule has 3 rings (SSSR count). The minimum absolute atomic E-state index is 0.0147. The number of amides is 3.